The highest BCUT2D eigenvalue weighted by atomic mass is 32.2. The molecule has 0 spiro atoms. The summed E-state index contributed by atoms with van der Waals surface area (Å²) in [7, 11) is 1.64. The molecule has 0 bridgehead atoms. The molecular weight excluding hydrogens is 376 g/mol. The molecule has 1 aliphatic heterocycles. The second-order valence-electron chi connectivity index (χ2n) is 6.40. The predicted molar refractivity (Wildman–Crippen MR) is 110 cm³/mol. The molecule has 28 heavy (non-hydrogen) atoms. The van der Waals surface area contributed by atoms with Crippen LogP contribution < -0.4 is 14.8 Å². The van der Waals surface area contributed by atoms with Crippen LogP contribution in [0.3, 0.4) is 0 Å². The van der Waals surface area contributed by atoms with Crippen LogP contribution in [0.2, 0.25) is 0 Å². The minimum absolute atomic E-state index is 0.0125. The largest absolute Gasteiger partial charge is 0.486 e. The van der Waals surface area contributed by atoms with Crippen LogP contribution in [0.5, 0.6) is 11.5 Å². The first-order valence-electron chi connectivity index (χ1n) is 9.21. The average Bonchev–Trinajstić information content (AvgIpc) is 2.72. The first-order valence-corrected chi connectivity index (χ1v) is 10.2. The summed E-state index contributed by atoms with van der Waals surface area (Å²) in [6.07, 6.45) is 0.831. The van der Waals surface area contributed by atoms with E-state index in [0.717, 1.165) is 28.3 Å². The maximum absolute atomic E-state index is 12.4. The molecule has 3 rings (SSSR count). The van der Waals surface area contributed by atoms with E-state index >= 15 is 0 Å². The molecule has 7 heteroatoms. The summed E-state index contributed by atoms with van der Waals surface area (Å²) < 4.78 is 11.1. The Morgan fingerprint density at radius 3 is 2.64 bits per heavy atom. The number of aryl methyl sites for hydroxylation is 1. The highest BCUT2D eigenvalue weighted by Gasteiger charge is 2.16. The van der Waals surface area contributed by atoms with Crippen molar-refractivity contribution in [3.63, 3.8) is 0 Å². The number of fused-ring (bicyclic) bond motifs is 1. The molecule has 1 aliphatic rings. The Labute approximate surface area is 169 Å². The van der Waals surface area contributed by atoms with Crippen LogP contribution in [0.25, 0.3) is 0 Å². The van der Waals surface area contributed by atoms with Gasteiger partial charge in [-0.05, 0) is 36.2 Å². The van der Waals surface area contributed by atoms with E-state index in [1.807, 2.05) is 49.4 Å². The van der Waals surface area contributed by atoms with Gasteiger partial charge in [0, 0.05) is 17.6 Å². The summed E-state index contributed by atoms with van der Waals surface area (Å²) >= 11 is 1.41. The number of benzene rings is 2. The Hall–Kier alpha value is -2.67. The number of anilines is 1. The molecule has 0 aliphatic carbocycles. The van der Waals surface area contributed by atoms with E-state index in [1.54, 1.807) is 7.05 Å². The number of amides is 2. The van der Waals surface area contributed by atoms with Crippen molar-refractivity contribution in [3.8, 4) is 11.5 Å². The van der Waals surface area contributed by atoms with Gasteiger partial charge in [-0.3, -0.25) is 9.59 Å². The minimum atomic E-state index is -0.207. The lowest BCUT2D eigenvalue weighted by molar-refractivity contribution is -0.131. The number of carbonyl (C=O) groups is 2. The molecule has 148 valence electrons. The van der Waals surface area contributed by atoms with Gasteiger partial charge in [0.05, 0.1) is 12.3 Å². The SMILES string of the molecule is CCc1ccccc1NC(=O)CN(C)C(=O)CSc1ccc2c(c1)OCCO2. The minimum Gasteiger partial charge on any atom is -0.486 e. The lowest BCUT2D eigenvalue weighted by Gasteiger charge is -2.19. The van der Waals surface area contributed by atoms with Crippen molar-refractivity contribution in [2.24, 2.45) is 0 Å². The molecule has 2 aromatic rings. The number of likely N-dealkylation sites (N-methyl/N-ethyl adjacent to an activating group) is 1. The maximum atomic E-state index is 12.4. The first-order chi connectivity index (χ1) is 13.6. The van der Waals surface area contributed by atoms with Crippen LogP contribution in [0, 0.1) is 0 Å². The molecule has 2 amide bonds. The third-order valence-electron chi connectivity index (χ3n) is 4.35. The fourth-order valence-corrected chi connectivity index (χ4v) is 3.68. The van der Waals surface area contributed by atoms with Crippen LogP contribution in [-0.2, 0) is 16.0 Å². The fourth-order valence-electron chi connectivity index (χ4n) is 2.81. The number of hydrogen-bond donors (Lipinski definition) is 1. The Morgan fingerprint density at radius 1 is 1.11 bits per heavy atom. The van der Waals surface area contributed by atoms with Gasteiger partial charge in [0.15, 0.2) is 11.5 Å². The van der Waals surface area contributed by atoms with Gasteiger partial charge in [0.25, 0.3) is 0 Å². The van der Waals surface area contributed by atoms with Crippen LogP contribution in [0.1, 0.15) is 12.5 Å². The second kappa shape index (κ2) is 9.50. The van der Waals surface area contributed by atoms with E-state index in [2.05, 4.69) is 5.32 Å². The van der Waals surface area contributed by atoms with Gasteiger partial charge in [-0.25, -0.2) is 0 Å². The van der Waals surface area contributed by atoms with Crippen LogP contribution >= 0.6 is 11.8 Å². The number of rotatable bonds is 7. The molecule has 6 nitrogen and oxygen atoms in total. The second-order valence-corrected chi connectivity index (χ2v) is 7.45. The topological polar surface area (TPSA) is 67.9 Å². The van der Waals surface area contributed by atoms with Crippen molar-refractivity contribution in [1.29, 1.82) is 0 Å². The normalized spacial score (nSPS) is 12.4. The molecule has 0 saturated carbocycles. The molecular formula is C21H24N2O4S. The van der Waals surface area contributed by atoms with Gasteiger partial charge in [0.1, 0.15) is 13.2 Å². The number of hydrogen-bond acceptors (Lipinski definition) is 5. The summed E-state index contributed by atoms with van der Waals surface area (Å²) in [6, 6.07) is 13.3. The van der Waals surface area contributed by atoms with Crippen molar-refractivity contribution in [3.05, 3.63) is 48.0 Å². The zero-order valence-corrected chi connectivity index (χ0v) is 16.9. The summed E-state index contributed by atoms with van der Waals surface area (Å²) in [6.45, 7) is 3.13. The van der Waals surface area contributed by atoms with Gasteiger partial charge in [-0.15, -0.1) is 11.8 Å². The number of carbonyl (C=O) groups excluding carboxylic acids is 2. The smallest absolute Gasteiger partial charge is 0.243 e. The Bertz CT molecular complexity index is 856. The monoisotopic (exact) mass is 400 g/mol. The van der Waals surface area contributed by atoms with Gasteiger partial charge in [-0.1, -0.05) is 25.1 Å². The van der Waals surface area contributed by atoms with E-state index in [4.69, 9.17) is 9.47 Å². The van der Waals surface area contributed by atoms with Crippen molar-refractivity contribution in [2.45, 2.75) is 18.2 Å². The maximum Gasteiger partial charge on any atom is 0.243 e. The molecule has 0 radical (unpaired) electrons. The van der Waals surface area contributed by atoms with E-state index < -0.39 is 0 Å². The third-order valence-corrected chi connectivity index (χ3v) is 5.33. The molecule has 1 heterocycles. The Balaban J connectivity index is 1.49. The van der Waals surface area contributed by atoms with Gasteiger partial charge < -0.3 is 19.7 Å². The lowest BCUT2D eigenvalue weighted by atomic mass is 10.1. The molecule has 1 N–H and O–H groups in total. The highest BCUT2D eigenvalue weighted by molar-refractivity contribution is 8.00. The molecule has 0 aromatic heterocycles. The Kier molecular flexibility index (Phi) is 6.81. The zero-order valence-electron chi connectivity index (χ0n) is 16.1. The fraction of sp³-hybridized carbons (Fsp3) is 0.333. The van der Waals surface area contributed by atoms with Crippen LogP contribution in [0.4, 0.5) is 5.69 Å². The summed E-state index contributed by atoms with van der Waals surface area (Å²) in [5.41, 5.74) is 1.86. The summed E-state index contributed by atoms with van der Waals surface area (Å²) in [5, 5.41) is 2.89. The number of nitrogens with zero attached hydrogens (tertiary/aromatic N) is 1. The molecule has 2 aromatic carbocycles. The van der Waals surface area contributed by atoms with Crippen molar-refractivity contribution in [1.82, 2.24) is 4.90 Å². The van der Waals surface area contributed by atoms with Crippen LogP contribution in [-0.4, -0.2) is 49.3 Å². The van der Waals surface area contributed by atoms with Gasteiger partial charge in [-0.2, -0.15) is 0 Å². The van der Waals surface area contributed by atoms with Crippen molar-refractivity contribution >= 4 is 29.3 Å². The molecule has 0 fully saturated rings. The number of ether oxygens (including phenoxy) is 2. The van der Waals surface area contributed by atoms with E-state index in [-0.39, 0.29) is 24.1 Å². The average molecular weight is 401 g/mol. The Morgan fingerprint density at radius 2 is 1.86 bits per heavy atom. The zero-order chi connectivity index (χ0) is 19.9. The first kappa shape index (κ1) is 20.1. The number of para-hydroxylation sites is 1. The highest BCUT2D eigenvalue weighted by Crippen LogP contribution is 2.34. The van der Waals surface area contributed by atoms with E-state index in [9.17, 15) is 9.59 Å². The van der Waals surface area contributed by atoms with Gasteiger partial charge >= 0.3 is 0 Å². The molecule has 0 atom stereocenters. The van der Waals surface area contributed by atoms with Crippen molar-refractivity contribution in [2.75, 3.05) is 37.9 Å². The lowest BCUT2D eigenvalue weighted by Crippen LogP contribution is -2.36. The van der Waals surface area contributed by atoms with E-state index in [1.165, 1.54) is 16.7 Å². The summed E-state index contributed by atoms with van der Waals surface area (Å²) in [5.74, 6) is 1.35. The molecule has 0 unspecified atom stereocenters. The summed E-state index contributed by atoms with van der Waals surface area (Å²) in [4.78, 5) is 27.0. The standard InChI is InChI=1S/C21H24N2O4S/c1-3-15-6-4-5-7-17(15)22-20(24)13-23(2)21(25)14-28-16-8-9-18-19(12-16)27-11-10-26-18/h4-9,12H,3,10-11,13-14H2,1-2H3,(H,22,24). The van der Waals surface area contributed by atoms with E-state index in [0.29, 0.717) is 19.0 Å². The number of thioether (sulfide) groups is 1. The third kappa shape index (κ3) is 5.19. The quantitative estimate of drug-likeness (QED) is 0.723. The van der Waals surface area contributed by atoms with Crippen molar-refractivity contribution < 1.29 is 19.1 Å². The predicted octanol–water partition coefficient (Wildman–Crippen LogP) is 3.21. The van der Waals surface area contributed by atoms with Gasteiger partial charge in [0.2, 0.25) is 11.8 Å². The molecule has 0 saturated heterocycles. The van der Waals surface area contributed by atoms with Crippen LogP contribution in [0.15, 0.2) is 47.4 Å². The number of nitrogens with one attached hydrogen (secondary N) is 1.